The SMILES string of the molecule is c1ccc(C2=NC(c3ccc4c(c3)oc3ccc(-c5cccc6c5oc5ccccc56)cc34)NC(c3ccccc3)N2)cc1. The van der Waals surface area contributed by atoms with Gasteiger partial charge in [0.25, 0.3) is 0 Å². The maximum atomic E-state index is 6.42. The minimum absolute atomic E-state index is 0.0937. The highest BCUT2D eigenvalue weighted by Crippen LogP contribution is 2.39. The van der Waals surface area contributed by atoms with E-state index in [9.17, 15) is 0 Å². The average Bonchev–Trinajstić information content (AvgIpc) is 3.66. The summed E-state index contributed by atoms with van der Waals surface area (Å²) in [7, 11) is 0. The molecular formula is C39H27N3O2. The molecule has 5 heteroatoms. The van der Waals surface area contributed by atoms with Gasteiger partial charge in [-0.1, -0.05) is 115 Å². The second-order valence-corrected chi connectivity index (χ2v) is 11.3. The quantitative estimate of drug-likeness (QED) is 0.222. The molecule has 0 fully saturated rings. The number of nitrogens with one attached hydrogen (secondary N) is 2. The highest BCUT2D eigenvalue weighted by molar-refractivity contribution is 6.11. The number of benzene rings is 6. The summed E-state index contributed by atoms with van der Waals surface area (Å²) in [6.07, 6.45) is -0.348. The number of furan rings is 2. The van der Waals surface area contributed by atoms with Gasteiger partial charge in [0.05, 0.1) is 0 Å². The Balaban J connectivity index is 1.13. The van der Waals surface area contributed by atoms with Crippen LogP contribution in [0, 0.1) is 0 Å². The van der Waals surface area contributed by atoms with Crippen LogP contribution in [-0.4, -0.2) is 5.84 Å². The van der Waals surface area contributed by atoms with Crippen molar-refractivity contribution in [3.63, 3.8) is 0 Å². The van der Waals surface area contributed by atoms with E-state index in [-0.39, 0.29) is 12.3 Å². The van der Waals surface area contributed by atoms with Crippen molar-refractivity contribution in [2.75, 3.05) is 0 Å². The van der Waals surface area contributed by atoms with Gasteiger partial charge in [-0.2, -0.15) is 0 Å². The van der Waals surface area contributed by atoms with Gasteiger partial charge in [-0.15, -0.1) is 0 Å². The first-order valence-corrected chi connectivity index (χ1v) is 14.9. The third-order valence-corrected chi connectivity index (χ3v) is 8.57. The van der Waals surface area contributed by atoms with E-state index in [4.69, 9.17) is 13.8 Å². The minimum atomic E-state index is -0.254. The highest BCUT2D eigenvalue weighted by Gasteiger charge is 2.26. The van der Waals surface area contributed by atoms with Crippen molar-refractivity contribution in [3.8, 4) is 11.1 Å². The van der Waals surface area contributed by atoms with Crippen LogP contribution in [-0.2, 0) is 0 Å². The number of amidine groups is 1. The van der Waals surface area contributed by atoms with Crippen molar-refractivity contribution in [2.45, 2.75) is 12.3 Å². The third-order valence-electron chi connectivity index (χ3n) is 8.57. The molecule has 2 unspecified atom stereocenters. The molecule has 0 spiro atoms. The van der Waals surface area contributed by atoms with Gasteiger partial charge in [0.2, 0.25) is 0 Å². The zero-order chi connectivity index (χ0) is 29.0. The normalized spacial score (nSPS) is 16.9. The van der Waals surface area contributed by atoms with Gasteiger partial charge in [-0.3, -0.25) is 5.32 Å². The smallest absolute Gasteiger partial charge is 0.143 e. The maximum Gasteiger partial charge on any atom is 0.143 e. The Morgan fingerprint density at radius 3 is 2.14 bits per heavy atom. The van der Waals surface area contributed by atoms with Crippen molar-refractivity contribution < 1.29 is 8.83 Å². The molecule has 3 heterocycles. The summed E-state index contributed by atoms with van der Waals surface area (Å²) < 4.78 is 12.8. The Labute approximate surface area is 253 Å². The predicted molar refractivity (Wildman–Crippen MR) is 178 cm³/mol. The van der Waals surface area contributed by atoms with E-state index in [1.54, 1.807) is 0 Å². The fourth-order valence-electron chi connectivity index (χ4n) is 6.40. The summed E-state index contributed by atoms with van der Waals surface area (Å²) in [6, 6.07) is 48.0. The molecule has 2 atom stereocenters. The lowest BCUT2D eigenvalue weighted by Gasteiger charge is -2.32. The van der Waals surface area contributed by atoms with E-state index < -0.39 is 0 Å². The van der Waals surface area contributed by atoms with Crippen LogP contribution >= 0.6 is 0 Å². The van der Waals surface area contributed by atoms with Crippen LogP contribution in [0.5, 0.6) is 0 Å². The predicted octanol–water partition coefficient (Wildman–Crippen LogP) is 9.49. The van der Waals surface area contributed by atoms with Crippen molar-refractivity contribution in [1.82, 2.24) is 10.6 Å². The first kappa shape index (κ1) is 24.9. The average molecular weight is 570 g/mol. The fraction of sp³-hybridized carbons (Fsp3) is 0.0513. The van der Waals surface area contributed by atoms with Gasteiger partial charge in [0, 0.05) is 32.7 Å². The Bertz CT molecular complexity index is 2350. The Morgan fingerprint density at radius 2 is 1.25 bits per heavy atom. The van der Waals surface area contributed by atoms with Gasteiger partial charge < -0.3 is 14.2 Å². The largest absolute Gasteiger partial charge is 0.456 e. The molecule has 9 rings (SSSR count). The molecule has 44 heavy (non-hydrogen) atoms. The van der Waals surface area contributed by atoms with E-state index >= 15 is 0 Å². The van der Waals surface area contributed by atoms with Crippen molar-refractivity contribution >= 4 is 49.7 Å². The fourth-order valence-corrected chi connectivity index (χ4v) is 6.40. The number of fused-ring (bicyclic) bond motifs is 6. The lowest BCUT2D eigenvalue weighted by atomic mass is 10.00. The van der Waals surface area contributed by atoms with Crippen LogP contribution < -0.4 is 10.6 Å². The molecule has 0 radical (unpaired) electrons. The standard InChI is InChI=1S/C39H27N3O2/c1-3-10-24(11-4-1)37-40-38(25-12-5-2-6-13-25)42-39(41-37)27-18-20-30-32-22-26(19-21-34(32)43-35(30)23-27)28-15-9-16-31-29-14-7-8-17-33(29)44-36(28)31/h1-23,37,39,41H,(H,40,42). The molecule has 1 aliphatic rings. The Hall–Kier alpha value is -5.65. The molecule has 8 aromatic rings. The van der Waals surface area contributed by atoms with E-state index in [0.29, 0.717) is 0 Å². The molecule has 5 nitrogen and oxygen atoms in total. The van der Waals surface area contributed by atoms with Crippen LogP contribution in [0.25, 0.3) is 55.0 Å². The zero-order valence-electron chi connectivity index (χ0n) is 23.7. The van der Waals surface area contributed by atoms with Gasteiger partial charge in [0.1, 0.15) is 40.5 Å². The number of hydrogen-bond donors (Lipinski definition) is 2. The lowest BCUT2D eigenvalue weighted by Crippen LogP contribution is -2.44. The van der Waals surface area contributed by atoms with Crippen LogP contribution in [0.2, 0.25) is 0 Å². The number of nitrogens with zero attached hydrogens (tertiary/aromatic N) is 1. The summed E-state index contributed by atoms with van der Waals surface area (Å²) in [6.45, 7) is 0. The van der Waals surface area contributed by atoms with Crippen LogP contribution in [0.1, 0.15) is 29.0 Å². The molecular weight excluding hydrogens is 542 g/mol. The van der Waals surface area contributed by atoms with Gasteiger partial charge in [-0.05, 0) is 41.0 Å². The van der Waals surface area contributed by atoms with Gasteiger partial charge >= 0.3 is 0 Å². The molecule has 1 aliphatic heterocycles. The number of para-hydroxylation sites is 2. The van der Waals surface area contributed by atoms with E-state index in [2.05, 4.69) is 114 Å². The molecule has 210 valence electrons. The topological polar surface area (TPSA) is 62.7 Å². The van der Waals surface area contributed by atoms with Crippen LogP contribution in [0.4, 0.5) is 0 Å². The van der Waals surface area contributed by atoms with E-state index in [0.717, 1.165) is 77.5 Å². The first-order valence-electron chi connectivity index (χ1n) is 14.9. The summed E-state index contributed by atoms with van der Waals surface area (Å²) >= 11 is 0. The molecule has 2 N–H and O–H groups in total. The van der Waals surface area contributed by atoms with Crippen molar-refractivity contribution in [3.05, 3.63) is 156 Å². The number of hydrogen-bond acceptors (Lipinski definition) is 5. The number of aliphatic imine (C=N–C) groups is 1. The van der Waals surface area contributed by atoms with E-state index in [1.165, 1.54) is 0 Å². The molecule has 2 aromatic heterocycles. The second-order valence-electron chi connectivity index (χ2n) is 11.3. The summed E-state index contributed by atoms with van der Waals surface area (Å²) in [4.78, 5) is 5.10. The van der Waals surface area contributed by atoms with Crippen molar-refractivity contribution in [1.29, 1.82) is 0 Å². The lowest BCUT2D eigenvalue weighted by molar-refractivity contribution is 0.409. The monoisotopic (exact) mass is 569 g/mol. The summed E-state index contributed by atoms with van der Waals surface area (Å²) in [5.41, 5.74) is 8.90. The molecule has 0 saturated heterocycles. The molecule has 6 aromatic carbocycles. The van der Waals surface area contributed by atoms with Gasteiger partial charge in [0.15, 0.2) is 0 Å². The third kappa shape index (κ3) is 4.09. The zero-order valence-corrected chi connectivity index (χ0v) is 23.7. The Morgan fingerprint density at radius 1 is 0.500 bits per heavy atom. The summed E-state index contributed by atoms with van der Waals surface area (Å²) in [5, 5.41) is 11.7. The minimum Gasteiger partial charge on any atom is -0.456 e. The van der Waals surface area contributed by atoms with Gasteiger partial charge in [-0.25, -0.2) is 4.99 Å². The molecule has 0 amide bonds. The first-order chi connectivity index (χ1) is 21.8. The molecule has 0 aliphatic carbocycles. The molecule has 0 saturated carbocycles. The van der Waals surface area contributed by atoms with Crippen LogP contribution in [0.3, 0.4) is 0 Å². The maximum absolute atomic E-state index is 6.42. The highest BCUT2D eigenvalue weighted by atomic mass is 16.3. The van der Waals surface area contributed by atoms with Crippen molar-refractivity contribution in [2.24, 2.45) is 4.99 Å². The second kappa shape index (κ2) is 9.97. The number of rotatable bonds is 4. The van der Waals surface area contributed by atoms with E-state index in [1.807, 2.05) is 36.4 Å². The summed E-state index contributed by atoms with van der Waals surface area (Å²) in [5.74, 6) is 0.859. The molecule has 0 bridgehead atoms. The van der Waals surface area contributed by atoms with Crippen LogP contribution in [0.15, 0.2) is 153 Å². The Kier molecular flexibility index (Phi) is 5.64.